The molecule has 0 radical (unpaired) electrons. The van der Waals surface area contributed by atoms with Gasteiger partial charge in [0.05, 0.1) is 0 Å². The molecule has 228 valence electrons. The summed E-state index contributed by atoms with van der Waals surface area (Å²) in [7, 11) is 0. The van der Waals surface area contributed by atoms with Crippen LogP contribution in [-0.2, 0) is 38.5 Å². The molecule has 4 N–H and O–H groups in total. The second-order valence-corrected chi connectivity index (χ2v) is 10.6. The molecule has 43 heavy (non-hydrogen) atoms. The topological polar surface area (TPSA) is 144 Å². The molecule has 0 aliphatic rings. The number of anilines is 1. The number of nitrogens with one attached hydrogen (secondary N) is 4. The van der Waals surface area contributed by atoms with Gasteiger partial charge in [-0.3, -0.25) is 15.0 Å². The van der Waals surface area contributed by atoms with E-state index in [9.17, 15) is 19.2 Å². The lowest BCUT2D eigenvalue weighted by atomic mass is 10.1. The van der Waals surface area contributed by atoms with Crippen LogP contribution in [0.4, 0.5) is 15.3 Å². The van der Waals surface area contributed by atoms with Crippen molar-refractivity contribution in [2.24, 2.45) is 0 Å². The molecule has 0 bridgehead atoms. The molecule has 0 unspecified atom stereocenters. The summed E-state index contributed by atoms with van der Waals surface area (Å²) in [6, 6.07) is 23.0. The van der Waals surface area contributed by atoms with Crippen molar-refractivity contribution in [2.45, 2.75) is 58.8 Å². The van der Waals surface area contributed by atoms with Crippen LogP contribution >= 0.6 is 0 Å². The first-order chi connectivity index (χ1) is 20.5. The zero-order valence-electron chi connectivity index (χ0n) is 24.8. The van der Waals surface area contributed by atoms with Crippen molar-refractivity contribution < 1.29 is 33.4 Å². The number of amides is 4. The van der Waals surface area contributed by atoms with E-state index in [0.717, 1.165) is 16.7 Å². The SMILES string of the molecule is CCc1ccccc1NC(=O)COC(=O)NNC(=O)[C@@H](Cc1ccc(OCc2ccccc2)cc1)NC(=O)OC(C)(C)C. The standard InChI is InChI=1S/C32H38N4O7/c1-5-24-13-9-10-14-26(24)33-28(37)21-42-31(40)36-35-29(38)27(34-30(39)43-32(2,3)4)19-22-15-17-25(18-16-22)41-20-23-11-7-6-8-12-23/h6-18,27H,5,19-21H2,1-4H3,(H,33,37)(H,34,39)(H,35,38)(H,36,40)/t27-/m1/s1. The molecule has 0 aliphatic carbocycles. The molecule has 0 aliphatic heterocycles. The van der Waals surface area contributed by atoms with Gasteiger partial charge in [0, 0.05) is 12.1 Å². The van der Waals surface area contributed by atoms with Gasteiger partial charge in [-0.25, -0.2) is 15.0 Å². The van der Waals surface area contributed by atoms with E-state index in [1.54, 1.807) is 57.2 Å². The summed E-state index contributed by atoms with van der Waals surface area (Å²) in [4.78, 5) is 49.8. The second-order valence-electron chi connectivity index (χ2n) is 10.6. The van der Waals surface area contributed by atoms with Crippen LogP contribution in [0.1, 0.15) is 44.4 Å². The fraction of sp³-hybridized carbons (Fsp3) is 0.312. The van der Waals surface area contributed by atoms with Gasteiger partial charge in [-0.05, 0) is 62.1 Å². The van der Waals surface area contributed by atoms with Crippen molar-refractivity contribution in [3.63, 3.8) is 0 Å². The molecule has 1 atom stereocenters. The number of hydrazine groups is 1. The molecular formula is C32H38N4O7. The Bertz CT molecular complexity index is 1370. The Balaban J connectivity index is 1.54. The fourth-order valence-corrected chi connectivity index (χ4v) is 3.86. The molecule has 0 saturated carbocycles. The number of ether oxygens (including phenoxy) is 3. The maximum Gasteiger partial charge on any atom is 0.426 e. The van der Waals surface area contributed by atoms with E-state index in [-0.39, 0.29) is 6.42 Å². The van der Waals surface area contributed by atoms with Crippen LogP contribution in [-0.4, -0.2) is 42.3 Å². The highest BCUT2D eigenvalue weighted by Crippen LogP contribution is 2.17. The van der Waals surface area contributed by atoms with Crippen molar-refractivity contribution in [1.82, 2.24) is 16.2 Å². The number of rotatable bonds is 11. The third-order valence-corrected chi connectivity index (χ3v) is 5.91. The monoisotopic (exact) mass is 590 g/mol. The lowest BCUT2D eigenvalue weighted by molar-refractivity contribution is -0.124. The minimum Gasteiger partial charge on any atom is -0.489 e. The number of aryl methyl sites for hydroxylation is 1. The van der Waals surface area contributed by atoms with Crippen molar-refractivity contribution in [3.8, 4) is 5.75 Å². The van der Waals surface area contributed by atoms with Gasteiger partial charge >= 0.3 is 12.2 Å². The summed E-state index contributed by atoms with van der Waals surface area (Å²) in [6.07, 6.45) is -1.06. The number of hydrogen-bond donors (Lipinski definition) is 4. The minimum atomic E-state index is -1.11. The third-order valence-electron chi connectivity index (χ3n) is 5.91. The van der Waals surface area contributed by atoms with Crippen LogP contribution in [0.25, 0.3) is 0 Å². The van der Waals surface area contributed by atoms with E-state index in [0.29, 0.717) is 24.5 Å². The largest absolute Gasteiger partial charge is 0.489 e. The molecule has 11 nitrogen and oxygen atoms in total. The average Bonchev–Trinajstić information content (AvgIpc) is 2.98. The lowest BCUT2D eigenvalue weighted by Gasteiger charge is -2.23. The number of carbonyl (C=O) groups is 4. The first kappa shape index (κ1) is 32.5. The maximum absolute atomic E-state index is 13.0. The van der Waals surface area contributed by atoms with E-state index < -0.39 is 42.3 Å². The van der Waals surface area contributed by atoms with Gasteiger partial charge in [0.2, 0.25) is 0 Å². The van der Waals surface area contributed by atoms with Gasteiger partial charge in [-0.2, -0.15) is 0 Å². The Labute approximate surface area is 251 Å². The summed E-state index contributed by atoms with van der Waals surface area (Å²) < 4.78 is 16.0. The van der Waals surface area contributed by atoms with Gasteiger partial charge in [0.25, 0.3) is 11.8 Å². The maximum atomic E-state index is 13.0. The molecule has 0 saturated heterocycles. The van der Waals surface area contributed by atoms with Crippen LogP contribution in [0.15, 0.2) is 78.9 Å². The number of carbonyl (C=O) groups excluding carboxylic acids is 4. The summed E-state index contributed by atoms with van der Waals surface area (Å²) in [5.74, 6) is -0.628. The van der Waals surface area contributed by atoms with Gasteiger partial charge in [-0.15, -0.1) is 0 Å². The summed E-state index contributed by atoms with van der Waals surface area (Å²) in [5.41, 5.74) is 6.84. The molecule has 0 spiro atoms. The van der Waals surface area contributed by atoms with E-state index in [1.807, 2.05) is 49.4 Å². The first-order valence-corrected chi connectivity index (χ1v) is 13.9. The molecule has 3 rings (SSSR count). The van der Waals surface area contributed by atoms with Gasteiger partial charge in [0.15, 0.2) is 6.61 Å². The van der Waals surface area contributed by atoms with Crippen molar-refractivity contribution in [3.05, 3.63) is 95.6 Å². The molecule has 0 fully saturated rings. The first-order valence-electron chi connectivity index (χ1n) is 13.9. The average molecular weight is 591 g/mol. The van der Waals surface area contributed by atoms with E-state index in [4.69, 9.17) is 14.2 Å². The third kappa shape index (κ3) is 11.8. The summed E-state index contributed by atoms with van der Waals surface area (Å²) in [6.45, 7) is 6.89. The second kappa shape index (κ2) is 15.8. The number of benzene rings is 3. The predicted octanol–water partition coefficient (Wildman–Crippen LogP) is 4.66. The van der Waals surface area contributed by atoms with Crippen LogP contribution < -0.4 is 26.2 Å². The van der Waals surface area contributed by atoms with E-state index in [2.05, 4.69) is 21.5 Å². The Kier molecular flexibility index (Phi) is 11.9. The van der Waals surface area contributed by atoms with E-state index in [1.165, 1.54) is 0 Å². The normalized spacial score (nSPS) is 11.4. The number of alkyl carbamates (subject to hydrolysis) is 1. The molecule has 3 aromatic rings. The van der Waals surface area contributed by atoms with Gasteiger partial charge < -0.3 is 24.8 Å². The van der Waals surface area contributed by atoms with Crippen LogP contribution in [0.3, 0.4) is 0 Å². The zero-order chi connectivity index (χ0) is 31.2. The van der Waals surface area contributed by atoms with E-state index >= 15 is 0 Å². The Hall–Kier alpha value is -5.06. The highest BCUT2D eigenvalue weighted by molar-refractivity contribution is 5.93. The van der Waals surface area contributed by atoms with Crippen LogP contribution in [0.2, 0.25) is 0 Å². The molecule has 0 aromatic heterocycles. The lowest BCUT2D eigenvalue weighted by Crippen LogP contribution is -2.54. The Morgan fingerprint density at radius 3 is 2.14 bits per heavy atom. The Morgan fingerprint density at radius 1 is 0.791 bits per heavy atom. The minimum absolute atomic E-state index is 0.0833. The van der Waals surface area contributed by atoms with Gasteiger partial charge in [-0.1, -0.05) is 67.6 Å². The van der Waals surface area contributed by atoms with Crippen LogP contribution in [0, 0.1) is 0 Å². The van der Waals surface area contributed by atoms with Crippen molar-refractivity contribution >= 4 is 29.7 Å². The smallest absolute Gasteiger partial charge is 0.426 e. The molecular weight excluding hydrogens is 552 g/mol. The summed E-state index contributed by atoms with van der Waals surface area (Å²) in [5, 5.41) is 5.22. The summed E-state index contributed by atoms with van der Waals surface area (Å²) >= 11 is 0. The van der Waals surface area contributed by atoms with Gasteiger partial charge in [0.1, 0.15) is 24.0 Å². The Morgan fingerprint density at radius 2 is 1.47 bits per heavy atom. The highest BCUT2D eigenvalue weighted by atomic mass is 16.6. The van der Waals surface area contributed by atoms with Crippen molar-refractivity contribution in [1.29, 1.82) is 0 Å². The number of para-hydroxylation sites is 1. The molecule has 3 aromatic carbocycles. The molecule has 0 heterocycles. The number of hydrogen-bond acceptors (Lipinski definition) is 7. The van der Waals surface area contributed by atoms with Crippen LogP contribution in [0.5, 0.6) is 5.75 Å². The predicted molar refractivity (Wildman–Crippen MR) is 161 cm³/mol. The fourth-order valence-electron chi connectivity index (χ4n) is 3.86. The zero-order valence-corrected chi connectivity index (χ0v) is 24.8. The van der Waals surface area contributed by atoms with Crippen molar-refractivity contribution in [2.75, 3.05) is 11.9 Å². The molecule has 11 heteroatoms. The quantitative estimate of drug-likeness (QED) is 0.238. The highest BCUT2D eigenvalue weighted by Gasteiger charge is 2.25. The molecule has 4 amide bonds.